The van der Waals surface area contributed by atoms with Gasteiger partial charge in [0.05, 0.1) is 12.7 Å². The van der Waals surface area contributed by atoms with E-state index in [1.54, 1.807) is 0 Å². The second kappa shape index (κ2) is 22.4. The van der Waals surface area contributed by atoms with E-state index in [1.165, 1.54) is 49.0 Å². The average molecular weight is 761 g/mol. The van der Waals surface area contributed by atoms with E-state index in [9.17, 15) is 19.0 Å². The number of ether oxygens (including phenoxy) is 2. The maximum Gasteiger partial charge on any atom is 0.330 e. The van der Waals surface area contributed by atoms with E-state index in [0.29, 0.717) is 6.61 Å². The van der Waals surface area contributed by atoms with Gasteiger partial charge in [0, 0.05) is 31.5 Å². The van der Waals surface area contributed by atoms with Gasteiger partial charge in [-0.25, -0.2) is 4.79 Å². The molecule has 2 N–H and O–H groups in total. The molecule has 0 bridgehead atoms. The fourth-order valence-corrected chi connectivity index (χ4v) is 7.03. The number of H-pyrrole nitrogens is 1. The van der Waals surface area contributed by atoms with E-state index in [-0.39, 0.29) is 18.6 Å². The third-order valence-electron chi connectivity index (χ3n) is 8.47. The number of nitrogens with zero attached hydrogens (tertiary/aromatic N) is 1. The van der Waals surface area contributed by atoms with E-state index in [0.717, 1.165) is 30.6 Å². The first-order valence-corrected chi connectivity index (χ1v) is 21.7. The lowest BCUT2D eigenvalue weighted by molar-refractivity contribution is -0.0568. The molecule has 1 aromatic heterocycles. The lowest BCUT2D eigenvalue weighted by Gasteiger charge is -2.23. The Morgan fingerprint density at radius 3 is 2.19 bits per heavy atom. The standard InChI is InChI=1S/C34H31N2O7P.5C2H6/c1-3-41-28-17-30(43-29(28)19-42-44(2,39)40)36-18-22(33(37)35-34(36)38)14-13-20-15-16-27-25-11-5-8-21-7-4-10-24(31(21)25)26-12-6-9-23(20)32(26)27;5*1-2/h4-8,10,12,15-16,18,28-30H,3,9,11,17,19H2,1-2H3,(H,39,40)(H,35,37,38);5*1-2H3/t28-,29?,30-;;;;;/m1...../s1. The van der Waals surface area contributed by atoms with Crippen LogP contribution in [0.1, 0.15) is 122 Å². The fourth-order valence-electron chi connectivity index (χ4n) is 6.60. The maximum atomic E-state index is 12.8. The Morgan fingerprint density at radius 1 is 0.870 bits per heavy atom. The van der Waals surface area contributed by atoms with Gasteiger partial charge in [-0.3, -0.25) is 18.9 Å². The molecule has 3 aliphatic rings. The number of hydrogen-bond donors (Lipinski definition) is 2. The number of allylic oxidation sites excluding steroid dienone is 2. The first-order valence-electron chi connectivity index (χ1n) is 19.7. The van der Waals surface area contributed by atoms with Crippen molar-refractivity contribution in [3.05, 3.63) is 103 Å². The van der Waals surface area contributed by atoms with Crippen LogP contribution in [0.3, 0.4) is 0 Å². The number of benzene rings is 3. The number of rotatable bonds is 6. The summed E-state index contributed by atoms with van der Waals surface area (Å²) >= 11 is 0. The summed E-state index contributed by atoms with van der Waals surface area (Å²) in [6, 6.07) is 10.6. The van der Waals surface area contributed by atoms with Gasteiger partial charge >= 0.3 is 13.3 Å². The van der Waals surface area contributed by atoms with Crippen molar-refractivity contribution in [3.8, 4) is 11.8 Å². The van der Waals surface area contributed by atoms with Crippen molar-refractivity contribution < 1.29 is 23.5 Å². The zero-order valence-electron chi connectivity index (χ0n) is 34.3. The van der Waals surface area contributed by atoms with Crippen LogP contribution in [0.5, 0.6) is 0 Å². The number of aromatic amines is 1. The van der Waals surface area contributed by atoms with E-state index < -0.39 is 37.3 Å². The molecule has 54 heavy (non-hydrogen) atoms. The van der Waals surface area contributed by atoms with Crippen LogP contribution in [0.25, 0.3) is 33.7 Å². The molecule has 2 heterocycles. The van der Waals surface area contributed by atoms with Gasteiger partial charge in [-0.15, -0.1) is 0 Å². The molecular formula is C44H61N2O7P. The second-order valence-electron chi connectivity index (χ2n) is 11.3. The maximum absolute atomic E-state index is 12.8. The van der Waals surface area contributed by atoms with Crippen molar-refractivity contribution in [2.24, 2.45) is 0 Å². The Labute approximate surface area is 322 Å². The predicted octanol–water partition coefficient (Wildman–Crippen LogP) is 10.0. The SMILES string of the molecule is CC.CC.CC.CC.CC.CCO[C@@H]1C[C@H](n2cc(C#Cc3ccc4c5c6c(cccc6c6c4c3CC=C6)C=CC5)c(=O)[nH]c2=O)OC1COP(C)(=O)O. The van der Waals surface area contributed by atoms with Crippen LogP contribution < -0.4 is 11.2 Å². The molecule has 1 saturated heterocycles. The average Bonchev–Trinajstić information content (AvgIpc) is 3.61. The Hall–Kier alpha value is -4.03. The first kappa shape index (κ1) is 46.1. The largest absolute Gasteiger partial charge is 0.376 e. The summed E-state index contributed by atoms with van der Waals surface area (Å²) in [4.78, 5) is 37.6. The minimum absolute atomic E-state index is 0.122. The molecule has 10 heteroatoms. The minimum atomic E-state index is -3.73. The van der Waals surface area contributed by atoms with Gasteiger partial charge in [0.1, 0.15) is 17.9 Å². The topological polar surface area (TPSA) is 120 Å². The van der Waals surface area contributed by atoms with Crippen LogP contribution in [0, 0.1) is 11.8 Å². The number of nitrogens with one attached hydrogen (secondary N) is 1. The van der Waals surface area contributed by atoms with Crippen molar-refractivity contribution in [2.45, 2.75) is 114 Å². The molecule has 0 radical (unpaired) electrons. The molecule has 4 atom stereocenters. The second-order valence-corrected chi connectivity index (χ2v) is 13.2. The molecule has 4 aromatic rings. The summed E-state index contributed by atoms with van der Waals surface area (Å²) in [5.74, 6) is 6.23. The summed E-state index contributed by atoms with van der Waals surface area (Å²) in [5.41, 5.74) is 4.58. The van der Waals surface area contributed by atoms with Gasteiger partial charge in [0.2, 0.25) is 0 Å². The molecule has 1 aliphatic heterocycles. The molecule has 7 rings (SSSR count). The summed E-state index contributed by atoms with van der Waals surface area (Å²) in [6.07, 6.45) is 10.1. The Bertz CT molecular complexity index is 2130. The Balaban J connectivity index is 0.000000934. The van der Waals surface area contributed by atoms with Crippen LogP contribution in [-0.2, 0) is 31.4 Å². The predicted molar refractivity (Wildman–Crippen MR) is 227 cm³/mol. The molecule has 0 saturated carbocycles. The van der Waals surface area contributed by atoms with Crippen molar-refractivity contribution >= 4 is 41.3 Å². The summed E-state index contributed by atoms with van der Waals surface area (Å²) in [7, 11) is -3.73. The van der Waals surface area contributed by atoms with Gasteiger partial charge in [-0.1, -0.05) is 130 Å². The highest BCUT2D eigenvalue weighted by Gasteiger charge is 2.38. The molecule has 9 nitrogen and oxygen atoms in total. The zero-order valence-corrected chi connectivity index (χ0v) is 35.2. The monoisotopic (exact) mass is 760 g/mol. The lowest BCUT2D eigenvalue weighted by atomic mass is 9.81. The quantitative estimate of drug-likeness (QED) is 0.114. The number of aromatic nitrogens is 2. The van der Waals surface area contributed by atoms with E-state index in [4.69, 9.17) is 14.0 Å². The van der Waals surface area contributed by atoms with Crippen molar-refractivity contribution in [2.75, 3.05) is 19.9 Å². The highest BCUT2D eigenvalue weighted by atomic mass is 31.2. The lowest BCUT2D eigenvalue weighted by Crippen LogP contribution is -2.33. The third-order valence-corrected chi connectivity index (χ3v) is 9.10. The van der Waals surface area contributed by atoms with Crippen LogP contribution in [-0.4, -0.2) is 46.5 Å². The molecule has 2 aliphatic carbocycles. The number of hydrogen-bond acceptors (Lipinski definition) is 6. The molecule has 3 aromatic carbocycles. The van der Waals surface area contributed by atoms with Gasteiger partial charge < -0.3 is 18.9 Å². The summed E-state index contributed by atoms with van der Waals surface area (Å²) in [5, 5.41) is 4.95. The van der Waals surface area contributed by atoms with Crippen molar-refractivity contribution in [3.63, 3.8) is 0 Å². The third kappa shape index (κ3) is 10.4. The molecule has 0 amide bonds. The highest BCUT2D eigenvalue weighted by molar-refractivity contribution is 7.51. The molecular weight excluding hydrogens is 699 g/mol. The van der Waals surface area contributed by atoms with Gasteiger partial charge in [-0.05, 0) is 69.6 Å². The van der Waals surface area contributed by atoms with E-state index in [1.807, 2.05) is 82.2 Å². The molecule has 2 unspecified atom stereocenters. The first-order chi connectivity index (χ1) is 26.2. The van der Waals surface area contributed by atoms with Gasteiger partial charge in [0.15, 0.2) is 0 Å². The Morgan fingerprint density at radius 2 is 1.52 bits per heavy atom. The Kier molecular flexibility index (Phi) is 19.1. The normalized spacial score (nSPS) is 18.0. The van der Waals surface area contributed by atoms with Gasteiger partial charge in [-0.2, -0.15) is 0 Å². The van der Waals surface area contributed by atoms with Crippen molar-refractivity contribution in [1.82, 2.24) is 9.55 Å². The molecule has 1 fully saturated rings. The van der Waals surface area contributed by atoms with Crippen molar-refractivity contribution in [1.29, 1.82) is 0 Å². The van der Waals surface area contributed by atoms with Crippen LogP contribution in [0.15, 0.2) is 58.3 Å². The van der Waals surface area contributed by atoms with Gasteiger partial charge in [0.25, 0.3) is 5.56 Å². The smallest absolute Gasteiger partial charge is 0.330 e. The van der Waals surface area contributed by atoms with E-state index >= 15 is 0 Å². The minimum Gasteiger partial charge on any atom is -0.376 e. The summed E-state index contributed by atoms with van der Waals surface area (Å²) in [6.45, 7) is 23.1. The van der Waals surface area contributed by atoms with E-state index in [2.05, 4.69) is 65.4 Å². The van der Waals surface area contributed by atoms with Crippen LogP contribution >= 0.6 is 7.60 Å². The van der Waals surface area contributed by atoms with Crippen LogP contribution in [0.2, 0.25) is 0 Å². The molecule has 294 valence electrons. The zero-order chi connectivity index (χ0) is 40.6. The summed E-state index contributed by atoms with van der Waals surface area (Å²) < 4.78 is 29.8. The number of fused-ring (bicyclic) bond motifs is 2. The molecule has 0 spiro atoms. The highest BCUT2D eigenvalue weighted by Crippen LogP contribution is 2.42. The fraction of sp³-hybridized carbons (Fsp3) is 0.455. The van der Waals surface area contributed by atoms with Crippen LogP contribution in [0.4, 0.5) is 0 Å².